The van der Waals surface area contributed by atoms with Gasteiger partial charge in [0.05, 0.1) is 18.5 Å². The monoisotopic (exact) mass is 353 g/mol. The lowest BCUT2D eigenvalue weighted by Crippen LogP contribution is -2.42. The molecule has 0 spiro atoms. The maximum Gasteiger partial charge on any atom is 0.251 e. The maximum atomic E-state index is 12.5. The summed E-state index contributed by atoms with van der Waals surface area (Å²) in [5.41, 5.74) is 2.83. The molecule has 3 rings (SSSR count). The van der Waals surface area contributed by atoms with E-state index in [0.717, 1.165) is 17.0 Å². The predicted octanol–water partition coefficient (Wildman–Crippen LogP) is 3.01. The highest BCUT2D eigenvalue weighted by Gasteiger charge is 2.28. The quantitative estimate of drug-likeness (QED) is 0.772. The molecule has 1 unspecified atom stereocenters. The number of amides is 2. The highest BCUT2D eigenvalue weighted by Crippen LogP contribution is 2.29. The Kier molecular flexibility index (Phi) is 5.11. The highest BCUT2D eigenvalue weighted by molar-refractivity contribution is 6.05. The van der Waals surface area contributed by atoms with Crippen molar-refractivity contribution in [3.05, 3.63) is 53.6 Å². The van der Waals surface area contributed by atoms with Gasteiger partial charge in [0.2, 0.25) is 5.91 Å². The standard InChI is InChI=1S/C20H23N3O3/c1-12(2)18-20(25)23-16-10-13(8-9-15(16)22-18)19(24)21-11-14-6-4-5-7-17(14)26-3/h4-10,12,18,22H,11H2,1-3H3,(H,21,24)(H,23,25). The third kappa shape index (κ3) is 3.64. The third-order valence-corrected chi connectivity index (χ3v) is 4.43. The Morgan fingerprint density at radius 1 is 1.19 bits per heavy atom. The van der Waals surface area contributed by atoms with Crippen LogP contribution in [0.4, 0.5) is 11.4 Å². The van der Waals surface area contributed by atoms with Gasteiger partial charge in [0, 0.05) is 17.7 Å². The van der Waals surface area contributed by atoms with Crippen molar-refractivity contribution in [3.8, 4) is 5.75 Å². The number of fused-ring (bicyclic) bond motifs is 1. The topological polar surface area (TPSA) is 79.5 Å². The summed E-state index contributed by atoms with van der Waals surface area (Å²) in [6.07, 6.45) is 0. The largest absolute Gasteiger partial charge is 0.496 e. The molecule has 3 N–H and O–H groups in total. The van der Waals surface area contributed by atoms with Gasteiger partial charge in [0.25, 0.3) is 5.91 Å². The van der Waals surface area contributed by atoms with E-state index in [1.165, 1.54) is 0 Å². The first kappa shape index (κ1) is 17.8. The van der Waals surface area contributed by atoms with Crippen LogP contribution in [-0.2, 0) is 11.3 Å². The van der Waals surface area contributed by atoms with Crippen LogP contribution in [0.5, 0.6) is 5.75 Å². The van der Waals surface area contributed by atoms with Crippen LogP contribution in [0.2, 0.25) is 0 Å². The smallest absolute Gasteiger partial charge is 0.251 e. The van der Waals surface area contributed by atoms with E-state index in [2.05, 4.69) is 16.0 Å². The first-order valence-electron chi connectivity index (χ1n) is 8.61. The molecule has 0 radical (unpaired) electrons. The van der Waals surface area contributed by atoms with Crippen LogP contribution in [0.25, 0.3) is 0 Å². The fourth-order valence-corrected chi connectivity index (χ4v) is 2.95. The summed E-state index contributed by atoms with van der Waals surface area (Å²) in [7, 11) is 1.60. The molecule has 136 valence electrons. The number of carbonyl (C=O) groups excluding carboxylic acids is 2. The number of methoxy groups -OCH3 is 1. The molecule has 26 heavy (non-hydrogen) atoms. The fourth-order valence-electron chi connectivity index (χ4n) is 2.95. The summed E-state index contributed by atoms with van der Waals surface area (Å²) in [5.74, 6) is 0.611. The van der Waals surface area contributed by atoms with Crippen molar-refractivity contribution in [3.63, 3.8) is 0 Å². The van der Waals surface area contributed by atoms with Gasteiger partial charge in [-0.25, -0.2) is 0 Å². The van der Waals surface area contributed by atoms with Gasteiger partial charge in [-0.2, -0.15) is 0 Å². The van der Waals surface area contributed by atoms with Gasteiger partial charge in [0.1, 0.15) is 11.8 Å². The fraction of sp³-hybridized carbons (Fsp3) is 0.300. The van der Waals surface area contributed by atoms with Crippen molar-refractivity contribution in [2.45, 2.75) is 26.4 Å². The predicted molar refractivity (Wildman–Crippen MR) is 101 cm³/mol. The van der Waals surface area contributed by atoms with E-state index in [4.69, 9.17) is 4.74 Å². The zero-order chi connectivity index (χ0) is 18.7. The molecule has 2 aromatic rings. The van der Waals surface area contributed by atoms with Crippen molar-refractivity contribution in [2.24, 2.45) is 5.92 Å². The second-order valence-electron chi connectivity index (χ2n) is 6.61. The van der Waals surface area contributed by atoms with E-state index in [-0.39, 0.29) is 23.8 Å². The van der Waals surface area contributed by atoms with Crippen LogP contribution >= 0.6 is 0 Å². The van der Waals surface area contributed by atoms with Gasteiger partial charge in [-0.1, -0.05) is 32.0 Å². The number of para-hydroxylation sites is 1. The normalized spacial score (nSPS) is 15.7. The average molecular weight is 353 g/mol. The van der Waals surface area contributed by atoms with E-state index in [0.29, 0.717) is 17.8 Å². The van der Waals surface area contributed by atoms with Crippen LogP contribution < -0.4 is 20.7 Å². The molecule has 0 aliphatic carbocycles. The van der Waals surface area contributed by atoms with Crippen molar-refractivity contribution in [1.82, 2.24) is 5.32 Å². The minimum Gasteiger partial charge on any atom is -0.496 e. The third-order valence-electron chi connectivity index (χ3n) is 4.43. The van der Waals surface area contributed by atoms with E-state index in [1.807, 2.05) is 44.2 Å². The minimum atomic E-state index is -0.271. The van der Waals surface area contributed by atoms with E-state index >= 15 is 0 Å². The second kappa shape index (κ2) is 7.47. The molecule has 0 fully saturated rings. The summed E-state index contributed by atoms with van der Waals surface area (Å²) in [4.78, 5) is 24.6. The molecule has 1 heterocycles. The summed E-state index contributed by atoms with van der Waals surface area (Å²) in [6.45, 7) is 4.34. The maximum absolute atomic E-state index is 12.5. The Bertz CT molecular complexity index is 833. The zero-order valence-corrected chi connectivity index (χ0v) is 15.1. The van der Waals surface area contributed by atoms with E-state index < -0.39 is 0 Å². The van der Waals surface area contributed by atoms with Gasteiger partial charge < -0.3 is 20.7 Å². The molecule has 0 aromatic heterocycles. The first-order chi connectivity index (χ1) is 12.5. The summed E-state index contributed by atoms with van der Waals surface area (Å²) >= 11 is 0. The molecule has 0 saturated heterocycles. The lowest BCUT2D eigenvalue weighted by molar-refractivity contribution is -0.117. The molecule has 2 amide bonds. The second-order valence-corrected chi connectivity index (χ2v) is 6.61. The van der Waals surface area contributed by atoms with Crippen molar-refractivity contribution >= 4 is 23.2 Å². The molecule has 0 bridgehead atoms. The van der Waals surface area contributed by atoms with Crippen LogP contribution in [0, 0.1) is 5.92 Å². The molecular formula is C20H23N3O3. The Morgan fingerprint density at radius 3 is 2.69 bits per heavy atom. The number of rotatable bonds is 5. The van der Waals surface area contributed by atoms with Gasteiger partial charge >= 0.3 is 0 Å². The SMILES string of the molecule is COc1ccccc1CNC(=O)c1ccc2c(c1)NC(=O)C(C(C)C)N2. The minimum absolute atomic E-state index is 0.0842. The Balaban J connectivity index is 1.71. The number of benzene rings is 2. The molecular weight excluding hydrogens is 330 g/mol. The van der Waals surface area contributed by atoms with Crippen LogP contribution in [0.15, 0.2) is 42.5 Å². The lowest BCUT2D eigenvalue weighted by atomic mass is 9.99. The molecule has 6 nitrogen and oxygen atoms in total. The Labute approximate surface area is 152 Å². The average Bonchev–Trinajstić information content (AvgIpc) is 2.65. The number of nitrogens with one attached hydrogen (secondary N) is 3. The molecule has 0 saturated carbocycles. The van der Waals surface area contributed by atoms with Crippen molar-refractivity contribution in [1.29, 1.82) is 0 Å². The molecule has 2 aromatic carbocycles. The molecule has 1 aliphatic rings. The Morgan fingerprint density at radius 2 is 1.96 bits per heavy atom. The zero-order valence-electron chi connectivity index (χ0n) is 15.1. The Hall–Kier alpha value is -3.02. The van der Waals surface area contributed by atoms with E-state index in [1.54, 1.807) is 19.2 Å². The summed E-state index contributed by atoms with van der Waals surface area (Å²) < 4.78 is 5.29. The van der Waals surface area contributed by atoms with Crippen LogP contribution in [0.3, 0.4) is 0 Å². The molecule has 1 aliphatic heterocycles. The number of anilines is 2. The molecule has 6 heteroatoms. The van der Waals surface area contributed by atoms with Crippen LogP contribution in [0.1, 0.15) is 29.8 Å². The van der Waals surface area contributed by atoms with Crippen LogP contribution in [-0.4, -0.2) is 25.0 Å². The van der Waals surface area contributed by atoms with Gasteiger partial charge in [-0.05, 0) is 30.2 Å². The highest BCUT2D eigenvalue weighted by atomic mass is 16.5. The first-order valence-corrected chi connectivity index (χ1v) is 8.61. The van der Waals surface area contributed by atoms with Gasteiger partial charge in [-0.15, -0.1) is 0 Å². The number of hydrogen-bond acceptors (Lipinski definition) is 4. The van der Waals surface area contributed by atoms with Gasteiger partial charge in [-0.3, -0.25) is 9.59 Å². The summed E-state index contributed by atoms with van der Waals surface area (Å²) in [5, 5.41) is 8.99. The molecule has 1 atom stereocenters. The number of ether oxygens (including phenoxy) is 1. The summed E-state index contributed by atoms with van der Waals surface area (Å²) in [6, 6.07) is 12.5. The number of hydrogen-bond donors (Lipinski definition) is 3. The van der Waals surface area contributed by atoms with E-state index in [9.17, 15) is 9.59 Å². The van der Waals surface area contributed by atoms with Crippen molar-refractivity contribution in [2.75, 3.05) is 17.7 Å². The van der Waals surface area contributed by atoms with Gasteiger partial charge in [0.15, 0.2) is 0 Å². The lowest BCUT2D eigenvalue weighted by Gasteiger charge is -2.29. The van der Waals surface area contributed by atoms with Crippen molar-refractivity contribution < 1.29 is 14.3 Å². The number of carbonyl (C=O) groups is 2.